The van der Waals surface area contributed by atoms with Crippen molar-refractivity contribution >= 4 is 11.9 Å². The van der Waals surface area contributed by atoms with Crippen molar-refractivity contribution in [3.63, 3.8) is 0 Å². The number of carboxylic acid groups (broad SMARTS) is 1. The summed E-state index contributed by atoms with van der Waals surface area (Å²) in [6.07, 6.45) is 4.92. The van der Waals surface area contributed by atoms with Gasteiger partial charge in [-0.25, -0.2) is 0 Å². The summed E-state index contributed by atoms with van der Waals surface area (Å²) in [6.45, 7) is 5.48. The Labute approximate surface area is 132 Å². The number of nitrogens with one attached hydrogen (secondary N) is 1. The van der Waals surface area contributed by atoms with Crippen molar-refractivity contribution in [1.29, 1.82) is 0 Å². The largest absolute Gasteiger partial charge is 0.481 e. The average Bonchev–Trinajstić information content (AvgIpc) is 2.50. The summed E-state index contributed by atoms with van der Waals surface area (Å²) < 4.78 is 0. The van der Waals surface area contributed by atoms with Gasteiger partial charge >= 0.3 is 5.97 Å². The van der Waals surface area contributed by atoms with Gasteiger partial charge in [0.1, 0.15) is 0 Å². The van der Waals surface area contributed by atoms with E-state index < -0.39 is 11.4 Å². The van der Waals surface area contributed by atoms with Crippen LogP contribution < -0.4 is 5.32 Å². The van der Waals surface area contributed by atoms with Crippen molar-refractivity contribution < 1.29 is 14.7 Å². The first-order valence-corrected chi connectivity index (χ1v) is 7.99. The highest BCUT2D eigenvalue weighted by molar-refractivity contribution is 5.94. The zero-order valence-electron chi connectivity index (χ0n) is 13.8. The molecule has 22 heavy (non-hydrogen) atoms. The molecule has 0 aliphatic carbocycles. The number of carbonyl (C=O) groups is 2. The number of carbonyl (C=O) groups excluding carboxylic acids is 1. The normalized spacial score (nSPS) is 12.7. The summed E-state index contributed by atoms with van der Waals surface area (Å²) in [6, 6.07) is 8.53. The molecule has 1 rings (SSSR count). The van der Waals surface area contributed by atoms with Crippen molar-refractivity contribution in [3.05, 3.63) is 35.9 Å². The molecular formula is C18H27NO3. The topological polar surface area (TPSA) is 66.4 Å². The molecule has 0 aromatic heterocycles. The van der Waals surface area contributed by atoms with Crippen LogP contribution in [0, 0.1) is 5.41 Å². The van der Waals surface area contributed by atoms with E-state index in [0.29, 0.717) is 12.0 Å². The lowest BCUT2D eigenvalue weighted by molar-refractivity contribution is -0.148. The van der Waals surface area contributed by atoms with Gasteiger partial charge < -0.3 is 10.4 Å². The summed E-state index contributed by atoms with van der Waals surface area (Å²) in [7, 11) is 0. The van der Waals surface area contributed by atoms with Gasteiger partial charge in [-0.05, 0) is 32.4 Å². The molecule has 0 saturated heterocycles. The van der Waals surface area contributed by atoms with Crippen molar-refractivity contribution in [2.75, 3.05) is 0 Å². The molecule has 0 spiro atoms. The number of rotatable bonds is 9. The number of unbranched alkanes of at least 4 members (excludes halogenated alkanes) is 3. The standard InChI is InChI=1S/C18H27NO3/c1-4-5-6-10-13-15(18(2,3)17(21)22)19-16(20)14-11-8-7-9-12-14/h7-9,11-12,15H,4-6,10,13H2,1-3H3,(H,19,20)(H,21,22)/t15-/m0/s1. The Morgan fingerprint density at radius 3 is 2.32 bits per heavy atom. The SMILES string of the molecule is CCCCCC[C@H](NC(=O)c1ccccc1)C(C)(C)C(=O)O. The van der Waals surface area contributed by atoms with Gasteiger partial charge in [-0.15, -0.1) is 0 Å². The predicted molar refractivity (Wildman–Crippen MR) is 87.9 cm³/mol. The van der Waals surface area contributed by atoms with Crippen LogP contribution in [0.15, 0.2) is 30.3 Å². The van der Waals surface area contributed by atoms with E-state index in [0.717, 1.165) is 25.7 Å². The fourth-order valence-electron chi connectivity index (χ4n) is 2.37. The van der Waals surface area contributed by atoms with Crippen molar-refractivity contribution in [1.82, 2.24) is 5.32 Å². The highest BCUT2D eigenvalue weighted by Gasteiger charge is 2.37. The second kappa shape index (κ2) is 8.57. The van der Waals surface area contributed by atoms with Crippen LogP contribution in [0.1, 0.15) is 63.2 Å². The van der Waals surface area contributed by atoms with Gasteiger partial charge in [0.05, 0.1) is 5.41 Å². The number of carboxylic acids is 1. The maximum Gasteiger partial charge on any atom is 0.311 e. The number of aliphatic carboxylic acids is 1. The lowest BCUT2D eigenvalue weighted by atomic mass is 9.81. The summed E-state index contributed by atoms with van der Waals surface area (Å²) >= 11 is 0. The van der Waals surface area contributed by atoms with Crippen molar-refractivity contribution in [2.45, 2.75) is 58.9 Å². The second-order valence-corrected chi connectivity index (χ2v) is 6.27. The molecule has 0 saturated carbocycles. The highest BCUT2D eigenvalue weighted by Crippen LogP contribution is 2.25. The van der Waals surface area contributed by atoms with E-state index in [9.17, 15) is 14.7 Å². The first-order chi connectivity index (χ1) is 10.4. The third-order valence-corrected chi connectivity index (χ3v) is 4.11. The minimum atomic E-state index is -0.989. The molecule has 122 valence electrons. The predicted octanol–water partition coefficient (Wildman–Crippen LogP) is 3.87. The van der Waals surface area contributed by atoms with Gasteiger partial charge in [0.15, 0.2) is 0 Å². The van der Waals surface area contributed by atoms with Gasteiger partial charge in [0, 0.05) is 11.6 Å². The molecule has 0 radical (unpaired) electrons. The Morgan fingerprint density at radius 2 is 1.77 bits per heavy atom. The van der Waals surface area contributed by atoms with Crippen molar-refractivity contribution in [3.8, 4) is 0 Å². The van der Waals surface area contributed by atoms with Gasteiger partial charge in [-0.1, -0.05) is 50.8 Å². The van der Waals surface area contributed by atoms with Crippen LogP contribution >= 0.6 is 0 Å². The minimum Gasteiger partial charge on any atom is -0.481 e. The fraction of sp³-hybridized carbons (Fsp3) is 0.556. The van der Waals surface area contributed by atoms with E-state index in [1.54, 1.807) is 38.1 Å². The van der Waals surface area contributed by atoms with Gasteiger partial charge in [-0.2, -0.15) is 0 Å². The Kier molecular flexibility index (Phi) is 7.09. The van der Waals surface area contributed by atoms with Crippen LogP contribution in [0.25, 0.3) is 0 Å². The maximum atomic E-state index is 12.3. The van der Waals surface area contributed by atoms with Crippen LogP contribution in [-0.2, 0) is 4.79 Å². The quantitative estimate of drug-likeness (QED) is 0.681. The summed E-state index contributed by atoms with van der Waals surface area (Å²) in [5.74, 6) is -1.10. The molecule has 4 nitrogen and oxygen atoms in total. The number of hydrogen-bond acceptors (Lipinski definition) is 2. The Bertz CT molecular complexity index is 482. The van der Waals surface area contributed by atoms with Crippen LogP contribution in [0.3, 0.4) is 0 Å². The molecule has 1 aromatic rings. The zero-order valence-corrected chi connectivity index (χ0v) is 13.8. The summed E-state index contributed by atoms with van der Waals surface area (Å²) in [4.78, 5) is 23.8. The van der Waals surface area contributed by atoms with E-state index in [1.165, 1.54) is 0 Å². The van der Waals surface area contributed by atoms with Crippen LogP contribution in [0.2, 0.25) is 0 Å². The van der Waals surface area contributed by atoms with Crippen molar-refractivity contribution in [2.24, 2.45) is 5.41 Å². The molecule has 4 heteroatoms. The molecule has 1 atom stereocenters. The molecule has 1 amide bonds. The van der Waals surface area contributed by atoms with E-state index in [2.05, 4.69) is 12.2 Å². The molecule has 0 bridgehead atoms. The van der Waals surface area contributed by atoms with Crippen LogP contribution in [-0.4, -0.2) is 23.0 Å². The summed E-state index contributed by atoms with van der Waals surface area (Å²) in [5, 5.41) is 12.4. The monoisotopic (exact) mass is 305 g/mol. The van der Waals surface area contributed by atoms with E-state index in [1.807, 2.05) is 6.07 Å². The minimum absolute atomic E-state index is 0.213. The average molecular weight is 305 g/mol. The Balaban J connectivity index is 2.77. The highest BCUT2D eigenvalue weighted by atomic mass is 16.4. The smallest absolute Gasteiger partial charge is 0.311 e. The molecule has 0 heterocycles. The molecular weight excluding hydrogens is 278 g/mol. The van der Waals surface area contributed by atoms with Gasteiger partial charge in [-0.3, -0.25) is 9.59 Å². The van der Waals surface area contributed by atoms with Gasteiger partial charge in [0.25, 0.3) is 5.91 Å². The Hall–Kier alpha value is -1.84. The zero-order chi connectivity index (χ0) is 16.6. The van der Waals surface area contributed by atoms with E-state index >= 15 is 0 Å². The molecule has 0 aliphatic heterocycles. The van der Waals surface area contributed by atoms with Crippen LogP contribution in [0.4, 0.5) is 0 Å². The molecule has 2 N–H and O–H groups in total. The lowest BCUT2D eigenvalue weighted by Gasteiger charge is -2.31. The third-order valence-electron chi connectivity index (χ3n) is 4.11. The van der Waals surface area contributed by atoms with E-state index in [-0.39, 0.29) is 11.9 Å². The third kappa shape index (κ3) is 5.17. The molecule has 1 aromatic carbocycles. The van der Waals surface area contributed by atoms with Gasteiger partial charge in [0.2, 0.25) is 0 Å². The van der Waals surface area contributed by atoms with Crippen LogP contribution in [0.5, 0.6) is 0 Å². The molecule has 0 fully saturated rings. The number of amides is 1. The summed E-state index contributed by atoms with van der Waals surface area (Å²) in [5.41, 5.74) is -0.432. The molecule has 0 aliphatic rings. The number of benzene rings is 1. The lowest BCUT2D eigenvalue weighted by Crippen LogP contribution is -2.49. The number of hydrogen-bond donors (Lipinski definition) is 2. The van der Waals surface area contributed by atoms with E-state index in [4.69, 9.17) is 0 Å². The fourth-order valence-corrected chi connectivity index (χ4v) is 2.37. The maximum absolute atomic E-state index is 12.3. The molecule has 0 unspecified atom stereocenters. The first kappa shape index (κ1) is 18.2. The Morgan fingerprint density at radius 1 is 1.14 bits per heavy atom. The second-order valence-electron chi connectivity index (χ2n) is 6.27. The first-order valence-electron chi connectivity index (χ1n) is 7.99.